The molecule has 4 N–H and O–H groups in total. The van der Waals surface area contributed by atoms with Crippen molar-refractivity contribution in [3.05, 3.63) is 27.7 Å². The predicted molar refractivity (Wildman–Crippen MR) is 65.7 cm³/mol. The molecule has 0 bridgehead atoms. The van der Waals surface area contributed by atoms with Crippen LogP contribution in [-0.4, -0.2) is 23.5 Å². The topological polar surface area (TPSA) is 92.4 Å². The molecule has 5 nitrogen and oxygen atoms in total. The highest BCUT2D eigenvalue weighted by molar-refractivity contribution is 6.44. The molecule has 0 heterocycles. The number of hydrogen-bond donors (Lipinski definition) is 3. The van der Waals surface area contributed by atoms with Gasteiger partial charge in [-0.05, 0) is 12.1 Å². The van der Waals surface area contributed by atoms with Crippen LogP contribution in [0.25, 0.3) is 0 Å². The zero-order chi connectivity index (χ0) is 13.0. The molecule has 0 aliphatic carbocycles. The van der Waals surface area contributed by atoms with E-state index in [-0.39, 0.29) is 34.3 Å². The highest BCUT2D eigenvalue weighted by Crippen LogP contribution is 2.33. The highest BCUT2D eigenvalue weighted by atomic mass is 35.5. The van der Waals surface area contributed by atoms with E-state index in [9.17, 15) is 9.59 Å². The molecule has 0 aliphatic heterocycles. The first-order chi connectivity index (χ1) is 7.97. The molecule has 1 aromatic carbocycles. The van der Waals surface area contributed by atoms with Crippen molar-refractivity contribution in [1.82, 2.24) is 0 Å². The van der Waals surface area contributed by atoms with Gasteiger partial charge in [0.25, 0.3) is 0 Å². The number of hydrogen-bond acceptors (Lipinski definition) is 3. The molecule has 1 aromatic rings. The van der Waals surface area contributed by atoms with Crippen molar-refractivity contribution in [1.29, 1.82) is 0 Å². The van der Waals surface area contributed by atoms with Crippen molar-refractivity contribution in [2.75, 3.05) is 11.9 Å². The molecule has 1 rings (SSSR count). The van der Waals surface area contributed by atoms with E-state index in [0.29, 0.717) is 0 Å². The minimum Gasteiger partial charge on any atom is -0.478 e. The molecule has 7 heteroatoms. The van der Waals surface area contributed by atoms with Crippen LogP contribution in [-0.2, 0) is 4.79 Å². The van der Waals surface area contributed by atoms with Gasteiger partial charge in [-0.15, -0.1) is 0 Å². The van der Waals surface area contributed by atoms with Gasteiger partial charge in [0.2, 0.25) is 5.91 Å². The second kappa shape index (κ2) is 5.86. The molecule has 0 radical (unpaired) electrons. The largest absolute Gasteiger partial charge is 0.478 e. The Balaban J connectivity index is 3.14. The number of carbonyl (C=O) groups excluding carboxylic acids is 1. The molecule has 92 valence electrons. The van der Waals surface area contributed by atoms with E-state index in [2.05, 4.69) is 5.32 Å². The van der Waals surface area contributed by atoms with E-state index < -0.39 is 11.9 Å². The lowest BCUT2D eigenvalue weighted by Gasteiger charge is -2.11. The number of rotatable bonds is 4. The number of benzene rings is 1. The van der Waals surface area contributed by atoms with Crippen molar-refractivity contribution in [3.8, 4) is 0 Å². The summed E-state index contributed by atoms with van der Waals surface area (Å²) in [5.41, 5.74) is 5.08. The molecule has 0 saturated carbocycles. The van der Waals surface area contributed by atoms with Gasteiger partial charge in [-0.1, -0.05) is 23.2 Å². The molecule has 0 atom stereocenters. The predicted octanol–water partition coefficient (Wildman–Crippen LogP) is 1.98. The summed E-state index contributed by atoms with van der Waals surface area (Å²) in [7, 11) is 0. The Hall–Kier alpha value is -1.30. The molecule has 0 aliphatic rings. The van der Waals surface area contributed by atoms with E-state index in [4.69, 9.17) is 34.0 Å². The summed E-state index contributed by atoms with van der Waals surface area (Å²) in [5.74, 6) is -1.62. The first kappa shape index (κ1) is 13.8. The first-order valence-electron chi connectivity index (χ1n) is 4.68. The van der Waals surface area contributed by atoms with Gasteiger partial charge in [-0.2, -0.15) is 0 Å². The summed E-state index contributed by atoms with van der Waals surface area (Å²) in [6, 6.07) is 2.63. The van der Waals surface area contributed by atoms with Gasteiger partial charge in [-0.25, -0.2) is 4.79 Å². The molecule has 0 saturated heterocycles. The van der Waals surface area contributed by atoms with Gasteiger partial charge in [0, 0.05) is 13.0 Å². The number of amides is 1. The summed E-state index contributed by atoms with van der Waals surface area (Å²) in [4.78, 5) is 22.3. The van der Waals surface area contributed by atoms with Crippen molar-refractivity contribution < 1.29 is 14.7 Å². The number of halogens is 2. The zero-order valence-electron chi connectivity index (χ0n) is 8.67. The Labute approximate surface area is 108 Å². The number of carboxylic acid groups (broad SMARTS) is 1. The molecular formula is C10H10Cl2N2O3. The number of aromatic carboxylic acids is 1. The fourth-order valence-corrected chi connectivity index (χ4v) is 1.55. The molecule has 0 fully saturated rings. The Morgan fingerprint density at radius 1 is 1.35 bits per heavy atom. The lowest BCUT2D eigenvalue weighted by Crippen LogP contribution is -2.18. The van der Waals surface area contributed by atoms with Crippen LogP contribution in [0.5, 0.6) is 0 Å². The summed E-state index contributed by atoms with van der Waals surface area (Å²) in [6.45, 7) is 0.159. The van der Waals surface area contributed by atoms with Crippen LogP contribution in [0.2, 0.25) is 10.0 Å². The maximum absolute atomic E-state index is 11.4. The normalized spacial score (nSPS) is 10.1. The van der Waals surface area contributed by atoms with Crippen molar-refractivity contribution in [2.45, 2.75) is 6.42 Å². The second-order valence-electron chi connectivity index (χ2n) is 3.18. The minimum absolute atomic E-state index is 0.00284. The Morgan fingerprint density at radius 2 is 2.00 bits per heavy atom. The Bertz CT molecular complexity index is 463. The first-order valence-corrected chi connectivity index (χ1v) is 5.44. The number of carbonyl (C=O) groups is 2. The van der Waals surface area contributed by atoms with E-state index in [1.54, 1.807) is 0 Å². The van der Waals surface area contributed by atoms with Crippen LogP contribution < -0.4 is 11.1 Å². The van der Waals surface area contributed by atoms with E-state index in [1.165, 1.54) is 12.1 Å². The van der Waals surface area contributed by atoms with Crippen molar-refractivity contribution in [2.24, 2.45) is 5.73 Å². The fraction of sp³-hybridized carbons (Fsp3) is 0.200. The van der Waals surface area contributed by atoms with E-state index in [0.717, 1.165) is 0 Å². The van der Waals surface area contributed by atoms with Gasteiger partial charge in [0.05, 0.1) is 21.3 Å². The summed E-state index contributed by atoms with van der Waals surface area (Å²) in [6.07, 6.45) is 0.0713. The van der Waals surface area contributed by atoms with Gasteiger partial charge in [0.1, 0.15) is 0 Å². The summed E-state index contributed by atoms with van der Waals surface area (Å²) in [5, 5.41) is 11.5. The van der Waals surface area contributed by atoms with Crippen molar-refractivity contribution >= 4 is 40.8 Å². The molecule has 0 spiro atoms. The third-order valence-corrected chi connectivity index (χ3v) is 2.77. The highest BCUT2D eigenvalue weighted by Gasteiger charge is 2.17. The van der Waals surface area contributed by atoms with E-state index in [1.807, 2.05) is 0 Å². The Morgan fingerprint density at radius 3 is 2.53 bits per heavy atom. The molecule has 1 amide bonds. The zero-order valence-corrected chi connectivity index (χ0v) is 10.2. The van der Waals surface area contributed by atoms with Gasteiger partial charge in [0.15, 0.2) is 0 Å². The average molecular weight is 277 g/mol. The number of carboxylic acids is 1. The average Bonchev–Trinajstić information content (AvgIpc) is 2.25. The van der Waals surface area contributed by atoms with Crippen molar-refractivity contribution in [3.63, 3.8) is 0 Å². The van der Waals surface area contributed by atoms with Crippen LogP contribution in [0.4, 0.5) is 5.69 Å². The van der Waals surface area contributed by atoms with Crippen LogP contribution in [0.1, 0.15) is 16.8 Å². The minimum atomic E-state index is -1.20. The summed E-state index contributed by atoms with van der Waals surface area (Å²) >= 11 is 11.6. The number of nitrogens with one attached hydrogen (secondary N) is 1. The second-order valence-corrected chi connectivity index (χ2v) is 3.96. The molecule has 0 unspecified atom stereocenters. The van der Waals surface area contributed by atoms with Gasteiger partial charge < -0.3 is 16.2 Å². The van der Waals surface area contributed by atoms with Gasteiger partial charge in [-0.3, -0.25) is 4.79 Å². The quantitative estimate of drug-likeness (QED) is 0.784. The third-order valence-electron chi connectivity index (χ3n) is 1.96. The molecular weight excluding hydrogens is 267 g/mol. The Kier molecular flexibility index (Phi) is 4.74. The number of nitrogens with two attached hydrogens (primary N) is 1. The SMILES string of the molecule is NCCC(=O)Nc1c(C(=O)O)ccc(Cl)c1Cl. The summed E-state index contributed by atoms with van der Waals surface area (Å²) < 4.78 is 0. The monoisotopic (exact) mass is 276 g/mol. The van der Waals surface area contributed by atoms with Crippen LogP contribution >= 0.6 is 23.2 Å². The smallest absolute Gasteiger partial charge is 0.337 e. The molecule has 17 heavy (non-hydrogen) atoms. The van der Waals surface area contributed by atoms with E-state index >= 15 is 0 Å². The third kappa shape index (κ3) is 3.33. The lowest BCUT2D eigenvalue weighted by molar-refractivity contribution is -0.116. The van der Waals surface area contributed by atoms with Gasteiger partial charge >= 0.3 is 5.97 Å². The number of anilines is 1. The maximum Gasteiger partial charge on any atom is 0.337 e. The molecule has 0 aromatic heterocycles. The fourth-order valence-electron chi connectivity index (χ4n) is 1.18. The standard InChI is InChI=1S/C10H10Cl2N2O3/c11-6-2-1-5(10(16)17)9(8(6)12)14-7(15)3-4-13/h1-2H,3-4,13H2,(H,14,15)(H,16,17). The van der Waals surface area contributed by atoms with Crippen LogP contribution in [0.15, 0.2) is 12.1 Å². The lowest BCUT2D eigenvalue weighted by atomic mass is 10.1. The van der Waals surface area contributed by atoms with Crippen LogP contribution in [0.3, 0.4) is 0 Å². The maximum atomic E-state index is 11.4. The van der Waals surface area contributed by atoms with Crippen LogP contribution in [0, 0.1) is 0 Å².